The van der Waals surface area contributed by atoms with Crippen molar-refractivity contribution in [2.45, 2.75) is 6.61 Å². The number of carbonyl (C=O) groups is 1. The zero-order valence-corrected chi connectivity index (χ0v) is 12.0. The minimum absolute atomic E-state index is 0.0143. The van der Waals surface area contributed by atoms with E-state index in [0.717, 1.165) is 12.1 Å². The molecule has 3 rings (SSSR count). The van der Waals surface area contributed by atoms with Gasteiger partial charge in [0, 0.05) is 11.6 Å². The van der Waals surface area contributed by atoms with Gasteiger partial charge in [-0.05, 0) is 36.4 Å². The molecule has 0 fully saturated rings. The fraction of sp³-hybridized carbons (Fsp3) is 0.0625. The highest BCUT2D eigenvalue weighted by Gasteiger charge is 2.14. The number of ether oxygens (including phenoxy) is 1. The second-order valence-corrected chi connectivity index (χ2v) is 4.75. The van der Waals surface area contributed by atoms with Gasteiger partial charge in [0.2, 0.25) is 5.82 Å². The first kappa shape index (κ1) is 15.7. The first-order chi connectivity index (χ1) is 11.5. The Morgan fingerprint density at radius 2 is 1.67 bits per heavy atom. The van der Waals surface area contributed by atoms with Gasteiger partial charge in [-0.3, -0.25) is 0 Å². The van der Waals surface area contributed by atoms with Crippen molar-refractivity contribution in [2.24, 2.45) is 0 Å². The first-order valence-electron chi connectivity index (χ1n) is 6.73. The lowest BCUT2D eigenvalue weighted by Crippen LogP contribution is -2.06. The molecule has 122 valence electrons. The number of hydrogen-bond donors (Lipinski definition) is 0. The Morgan fingerprint density at radius 3 is 2.33 bits per heavy atom. The molecular formula is C16H9F3N2O3. The largest absolute Gasteiger partial charge is 0.452 e. The molecule has 0 N–H and O–H groups in total. The minimum atomic E-state index is -0.935. The van der Waals surface area contributed by atoms with Crippen LogP contribution in [0.5, 0.6) is 0 Å². The third-order valence-electron chi connectivity index (χ3n) is 3.00. The number of esters is 1. The van der Waals surface area contributed by atoms with Gasteiger partial charge in [0.1, 0.15) is 17.5 Å². The van der Waals surface area contributed by atoms with Crippen LogP contribution in [-0.4, -0.2) is 16.1 Å². The Bertz CT molecular complexity index is 858. The van der Waals surface area contributed by atoms with Gasteiger partial charge in [0.05, 0.1) is 5.56 Å². The summed E-state index contributed by atoms with van der Waals surface area (Å²) < 4.78 is 48.7. The highest BCUT2D eigenvalue weighted by atomic mass is 19.1. The predicted molar refractivity (Wildman–Crippen MR) is 75.2 cm³/mol. The van der Waals surface area contributed by atoms with E-state index in [1.165, 1.54) is 24.3 Å². The molecule has 0 aliphatic heterocycles. The quantitative estimate of drug-likeness (QED) is 0.683. The van der Waals surface area contributed by atoms with Crippen LogP contribution in [0, 0.1) is 17.5 Å². The summed E-state index contributed by atoms with van der Waals surface area (Å²) >= 11 is 0. The molecule has 0 spiro atoms. The van der Waals surface area contributed by atoms with Crippen molar-refractivity contribution in [3.05, 3.63) is 71.4 Å². The van der Waals surface area contributed by atoms with Crippen molar-refractivity contribution >= 4 is 5.97 Å². The Morgan fingerprint density at radius 1 is 1.00 bits per heavy atom. The fourth-order valence-electron chi connectivity index (χ4n) is 1.91. The van der Waals surface area contributed by atoms with Crippen molar-refractivity contribution in [3.8, 4) is 11.4 Å². The standard InChI is InChI=1S/C16H9F3N2O3/c17-11-3-1-9(2-4-11)15-20-14(24-21-15)8-23-16(22)10-5-12(18)7-13(19)6-10/h1-7H,8H2. The van der Waals surface area contributed by atoms with Crippen LogP contribution in [0.2, 0.25) is 0 Å². The van der Waals surface area contributed by atoms with E-state index >= 15 is 0 Å². The van der Waals surface area contributed by atoms with Crippen LogP contribution < -0.4 is 0 Å². The van der Waals surface area contributed by atoms with E-state index in [0.29, 0.717) is 11.6 Å². The molecule has 8 heteroatoms. The predicted octanol–water partition coefficient (Wildman–Crippen LogP) is 3.51. The molecule has 1 heterocycles. The molecule has 0 aliphatic rings. The average Bonchev–Trinajstić information content (AvgIpc) is 3.01. The van der Waals surface area contributed by atoms with Crippen LogP contribution >= 0.6 is 0 Å². The second-order valence-electron chi connectivity index (χ2n) is 4.75. The lowest BCUT2D eigenvalue weighted by molar-refractivity contribution is 0.0428. The monoisotopic (exact) mass is 334 g/mol. The van der Waals surface area contributed by atoms with E-state index in [1.807, 2.05) is 0 Å². The van der Waals surface area contributed by atoms with E-state index in [2.05, 4.69) is 10.1 Å². The van der Waals surface area contributed by atoms with Crippen LogP contribution in [0.4, 0.5) is 13.2 Å². The second kappa shape index (κ2) is 6.53. The van der Waals surface area contributed by atoms with E-state index in [4.69, 9.17) is 9.26 Å². The van der Waals surface area contributed by atoms with E-state index in [1.54, 1.807) is 0 Å². The van der Waals surface area contributed by atoms with Gasteiger partial charge in [-0.25, -0.2) is 18.0 Å². The lowest BCUT2D eigenvalue weighted by Gasteiger charge is -2.02. The zero-order chi connectivity index (χ0) is 17.1. The van der Waals surface area contributed by atoms with Crippen molar-refractivity contribution in [2.75, 3.05) is 0 Å². The summed E-state index contributed by atoms with van der Waals surface area (Å²) in [6.45, 7) is -0.370. The summed E-state index contributed by atoms with van der Waals surface area (Å²) in [4.78, 5) is 15.7. The summed E-state index contributed by atoms with van der Waals surface area (Å²) in [6.07, 6.45) is 0. The van der Waals surface area contributed by atoms with Gasteiger partial charge in [-0.1, -0.05) is 5.16 Å². The molecular weight excluding hydrogens is 325 g/mol. The molecule has 5 nitrogen and oxygen atoms in total. The van der Waals surface area contributed by atoms with E-state index in [9.17, 15) is 18.0 Å². The average molecular weight is 334 g/mol. The van der Waals surface area contributed by atoms with Crippen LogP contribution in [-0.2, 0) is 11.3 Å². The van der Waals surface area contributed by atoms with Gasteiger partial charge < -0.3 is 9.26 Å². The Kier molecular flexibility index (Phi) is 4.28. The van der Waals surface area contributed by atoms with Crippen molar-refractivity contribution in [3.63, 3.8) is 0 Å². The maximum Gasteiger partial charge on any atom is 0.338 e. The molecule has 0 aliphatic carbocycles. The van der Waals surface area contributed by atoms with Crippen molar-refractivity contribution in [1.82, 2.24) is 10.1 Å². The smallest absolute Gasteiger partial charge is 0.338 e. The summed E-state index contributed by atoms with van der Waals surface area (Å²) in [5, 5.41) is 3.68. The molecule has 0 bridgehead atoms. The SMILES string of the molecule is O=C(OCc1nc(-c2ccc(F)cc2)no1)c1cc(F)cc(F)c1. The minimum Gasteiger partial charge on any atom is -0.452 e. The number of rotatable bonds is 4. The van der Waals surface area contributed by atoms with Gasteiger partial charge in [-0.2, -0.15) is 4.98 Å². The Hall–Kier alpha value is -3.16. The maximum atomic E-state index is 13.1. The number of benzene rings is 2. The molecule has 0 radical (unpaired) electrons. The highest BCUT2D eigenvalue weighted by molar-refractivity contribution is 5.89. The van der Waals surface area contributed by atoms with Crippen molar-refractivity contribution in [1.29, 1.82) is 0 Å². The molecule has 0 amide bonds. The fourth-order valence-corrected chi connectivity index (χ4v) is 1.91. The highest BCUT2D eigenvalue weighted by Crippen LogP contribution is 2.17. The topological polar surface area (TPSA) is 65.2 Å². The number of aromatic nitrogens is 2. The number of halogens is 3. The number of nitrogens with zero attached hydrogens (tertiary/aromatic N) is 2. The van der Waals surface area contributed by atoms with Crippen LogP contribution in [0.1, 0.15) is 16.2 Å². The lowest BCUT2D eigenvalue weighted by atomic mass is 10.2. The summed E-state index contributed by atoms with van der Waals surface area (Å²) in [5.74, 6) is -2.94. The van der Waals surface area contributed by atoms with Gasteiger partial charge in [-0.15, -0.1) is 0 Å². The van der Waals surface area contributed by atoms with Crippen LogP contribution in [0.3, 0.4) is 0 Å². The third-order valence-corrected chi connectivity index (χ3v) is 3.00. The molecule has 0 unspecified atom stereocenters. The summed E-state index contributed by atoms with van der Waals surface area (Å²) in [5.41, 5.74) is 0.246. The first-order valence-corrected chi connectivity index (χ1v) is 6.73. The van der Waals surface area contributed by atoms with Gasteiger partial charge in [0.25, 0.3) is 5.89 Å². The van der Waals surface area contributed by atoms with Gasteiger partial charge >= 0.3 is 5.97 Å². The molecule has 0 saturated heterocycles. The molecule has 2 aromatic carbocycles. The van der Waals surface area contributed by atoms with Crippen LogP contribution in [0.15, 0.2) is 47.0 Å². The number of carbonyl (C=O) groups excluding carboxylic acids is 1. The zero-order valence-electron chi connectivity index (χ0n) is 12.0. The Balaban J connectivity index is 1.67. The molecule has 3 aromatic rings. The Labute approximate surface area is 133 Å². The maximum absolute atomic E-state index is 13.1. The summed E-state index contributed by atoms with van der Waals surface area (Å²) in [7, 11) is 0. The number of hydrogen-bond acceptors (Lipinski definition) is 5. The van der Waals surface area contributed by atoms with E-state index in [-0.39, 0.29) is 23.9 Å². The van der Waals surface area contributed by atoms with Crippen LogP contribution in [0.25, 0.3) is 11.4 Å². The molecule has 0 atom stereocenters. The summed E-state index contributed by atoms with van der Waals surface area (Å²) in [6, 6.07) is 7.75. The molecule has 0 saturated carbocycles. The molecule has 24 heavy (non-hydrogen) atoms. The third kappa shape index (κ3) is 3.60. The normalized spacial score (nSPS) is 10.6. The molecule has 1 aromatic heterocycles. The van der Waals surface area contributed by atoms with Gasteiger partial charge in [0.15, 0.2) is 6.61 Å². The van der Waals surface area contributed by atoms with Crippen molar-refractivity contribution < 1.29 is 27.2 Å². The van der Waals surface area contributed by atoms with E-state index < -0.39 is 23.4 Å².